The van der Waals surface area contributed by atoms with Crippen LogP contribution in [0.1, 0.15) is 44.1 Å². The van der Waals surface area contributed by atoms with Crippen LogP contribution in [0.5, 0.6) is 0 Å². The van der Waals surface area contributed by atoms with E-state index >= 15 is 0 Å². The van der Waals surface area contributed by atoms with Crippen molar-refractivity contribution < 1.29 is 0 Å². The van der Waals surface area contributed by atoms with Crippen molar-refractivity contribution in [1.29, 1.82) is 0 Å². The van der Waals surface area contributed by atoms with E-state index in [1.54, 1.807) is 0 Å². The maximum atomic E-state index is 2.53. The number of hydrogen-bond acceptors (Lipinski definition) is 1. The van der Waals surface area contributed by atoms with Crippen LogP contribution in [0.3, 0.4) is 0 Å². The summed E-state index contributed by atoms with van der Waals surface area (Å²) >= 11 is 1.86. The fourth-order valence-corrected chi connectivity index (χ4v) is 7.27. The van der Waals surface area contributed by atoms with E-state index in [1.165, 1.54) is 103 Å². The first-order valence-electron chi connectivity index (χ1n) is 14.3. The van der Waals surface area contributed by atoms with Gasteiger partial charge in [0.25, 0.3) is 0 Å². The summed E-state index contributed by atoms with van der Waals surface area (Å²) < 4.78 is 0. The molecule has 0 aliphatic heterocycles. The molecular formula is C38H32S. The normalized spacial score (nSPS) is 15.5. The van der Waals surface area contributed by atoms with Crippen molar-refractivity contribution in [3.05, 3.63) is 127 Å². The molecule has 0 nitrogen and oxygen atoms in total. The Balaban J connectivity index is 1.35. The Labute approximate surface area is 235 Å². The lowest BCUT2D eigenvalue weighted by atomic mass is 9.83. The summed E-state index contributed by atoms with van der Waals surface area (Å²) in [5.74, 6) is 0. The topological polar surface area (TPSA) is 0 Å². The average Bonchev–Trinajstić information content (AvgIpc) is 3.47. The van der Waals surface area contributed by atoms with Gasteiger partial charge in [-0.1, -0.05) is 122 Å². The molecule has 0 N–H and O–H groups in total. The van der Waals surface area contributed by atoms with Crippen molar-refractivity contribution in [2.24, 2.45) is 0 Å². The van der Waals surface area contributed by atoms with E-state index in [-0.39, 0.29) is 0 Å². The van der Waals surface area contributed by atoms with Crippen LogP contribution in [0.4, 0.5) is 0 Å². The third-order valence-corrected chi connectivity index (χ3v) is 9.35. The van der Waals surface area contributed by atoms with Gasteiger partial charge in [0, 0.05) is 9.75 Å². The van der Waals surface area contributed by atoms with Crippen molar-refractivity contribution in [2.75, 3.05) is 0 Å². The van der Waals surface area contributed by atoms with Crippen LogP contribution in [0.2, 0.25) is 0 Å². The van der Waals surface area contributed by atoms with E-state index in [9.17, 15) is 0 Å². The highest BCUT2D eigenvalue weighted by atomic mass is 32.1. The van der Waals surface area contributed by atoms with Crippen LogP contribution in [-0.4, -0.2) is 0 Å². The first-order chi connectivity index (χ1) is 19.4. The molecule has 6 aromatic rings. The van der Waals surface area contributed by atoms with Crippen LogP contribution >= 0.6 is 11.3 Å². The second-order valence-corrected chi connectivity index (χ2v) is 11.7. The van der Waals surface area contributed by atoms with E-state index in [0.29, 0.717) is 0 Å². The highest BCUT2D eigenvalue weighted by Crippen LogP contribution is 2.44. The van der Waals surface area contributed by atoms with Gasteiger partial charge in [0.1, 0.15) is 0 Å². The smallest absolute Gasteiger partial charge is 0.0349 e. The Morgan fingerprint density at radius 1 is 0.410 bits per heavy atom. The third kappa shape index (κ3) is 4.62. The van der Waals surface area contributed by atoms with Gasteiger partial charge in [0.2, 0.25) is 0 Å². The van der Waals surface area contributed by atoms with Gasteiger partial charge < -0.3 is 0 Å². The van der Waals surface area contributed by atoms with Crippen LogP contribution in [0.15, 0.2) is 121 Å². The molecule has 0 unspecified atom stereocenters. The van der Waals surface area contributed by atoms with Gasteiger partial charge in [0.15, 0.2) is 0 Å². The molecule has 1 heterocycles. The van der Waals surface area contributed by atoms with Gasteiger partial charge in [-0.2, -0.15) is 0 Å². The molecule has 39 heavy (non-hydrogen) atoms. The highest BCUT2D eigenvalue weighted by molar-refractivity contribution is 7.18. The van der Waals surface area contributed by atoms with E-state index in [1.807, 2.05) is 11.3 Å². The molecule has 0 saturated carbocycles. The van der Waals surface area contributed by atoms with Crippen molar-refractivity contribution in [3.8, 4) is 32.0 Å². The number of thiophene rings is 1. The lowest BCUT2D eigenvalue weighted by molar-refractivity contribution is 0.644. The molecule has 7 rings (SSSR count). The molecule has 0 saturated heterocycles. The van der Waals surface area contributed by atoms with Crippen LogP contribution in [-0.2, 0) is 0 Å². The predicted octanol–water partition coefficient (Wildman–Crippen LogP) is 11.8. The van der Waals surface area contributed by atoms with E-state index in [2.05, 4.69) is 121 Å². The van der Waals surface area contributed by atoms with Crippen molar-refractivity contribution in [2.45, 2.75) is 38.5 Å². The molecule has 0 bridgehead atoms. The van der Waals surface area contributed by atoms with Crippen LogP contribution in [0.25, 0.3) is 59.1 Å². The number of benzene rings is 5. The average molecular weight is 521 g/mol. The van der Waals surface area contributed by atoms with Gasteiger partial charge in [0.05, 0.1) is 0 Å². The number of allylic oxidation sites excluding steroid dienone is 2. The second-order valence-electron chi connectivity index (χ2n) is 10.6. The maximum absolute atomic E-state index is 2.53. The Morgan fingerprint density at radius 3 is 1.56 bits per heavy atom. The van der Waals surface area contributed by atoms with Gasteiger partial charge in [-0.25, -0.2) is 0 Å². The maximum Gasteiger partial charge on any atom is 0.0349 e. The molecule has 1 aliphatic rings. The molecule has 190 valence electrons. The summed E-state index contributed by atoms with van der Waals surface area (Å²) in [5, 5.41) is 5.47. The van der Waals surface area contributed by atoms with Crippen molar-refractivity contribution in [3.63, 3.8) is 0 Å². The number of hydrogen-bond donors (Lipinski definition) is 0. The Morgan fingerprint density at radius 2 is 0.923 bits per heavy atom. The van der Waals surface area contributed by atoms with Crippen LogP contribution < -0.4 is 0 Å². The Bertz CT molecular complexity index is 1730. The molecule has 0 fully saturated rings. The SMILES string of the molecule is C1=C(/c2c3ccccc3c(-c3ccc(-c4ccc(-c5ccccc5)s4)cc3)c3ccccc23)CCCCCC/1. The van der Waals surface area contributed by atoms with Crippen molar-refractivity contribution in [1.82, 2.24) is 0 Å². The summed E-state index contributed by atoms with van der Waals surface area (Å²) in [6.45, 7) is 0. The molecule has 1 aliphatic carbocycles. The quantitative estimate of drug-likeness (QED) is 0.203. The minimum atomic E-state index is 1.17. The highest BCUT2D eigenvalue weighted by Gasteiger charge is 2.18. The standard InChI is InChI=1S/C38H32S/c1-2-5-15-29(16-6-3-1)37-31-17-9-11-19-33(31)38(34-20-12-10-18-32(34)37)30-23-21-28(22-24-30)36-26-25-35(39-36)27-13-7-4-8-14-27/h4,7-15,17-26H,1-3,5-6,16H2/b29-15+. The molecule has 1 aromatic heterocycles. The monoisotopic (exact) mass is 520 g/mol. The van der Waals surface area contributed by atoms with Gasteiger partial charge >= 0.3 is 0 Å². The Kier molecular flexibility index (Phi) is 6.60. The minimum Gasteiger partial charge on any atom is -0.135 e. The van der Waals surface area contributed by atoms with E-state index < -0.39 is 0 Å². The number of rotatable bonds is 4. The minimum absolute atomic E-state index is 1.17. The van der Waals surface area contributed by atoms with Crippen molar-refractivity contribution >= 4 is 38.5 Å². The molecular weight excluding hydrogens is 488 g/mol. The first-order valence-corrected chi connectivity index (χ1v) is 15.1. The largest absolute Gasteiger partial charge is 0.135 e. The lowest BCUT2D eigenvalue weighted by Crippen LogP contribution is -1.96. The zero-order chi connectivity index (χ0) is 26.0. The summed E-state index contributed by atoms with van der Waals surface area (Å²) in [6, 6.07) is 42.5. The second kappa shape index (κ2) is 10.7. The lowest BCUT2D eigenvalue weighted by Gasteiger charge is -2.20. The van der Waals surface area contributed by atoms with E-state index in [0.717, 1.165) is 0 Å². The molecule has 0 radical (unpaired) electrons. The number of fused-ring (bicyclic) bond motifs is 2. The zero-order valence-corrected chi connectivity index (χ0v) is 23.0. The molecule has 5 aromatic carbocycles. The summed E-state index contributed by atoms with van der Waals surface area (Å²) in [6.07, 6.45) is 10.2. The molecule has 0 spiro atoms. The van der Waals surface area contributed by atoms with E-state index in [4.69, 9.17) is 0 Å². The molecule has 0 amide bonds. The summed E-state index contributed by atoms with van der Waals surface area (Å²) in [4.78, 5) is 2.62. The van der Waals surface area contributed by atoms with Gasteiger partial charge in [-0.3, -0.25) is 0 Å². The fraction of sp³-hybridized carbons (Fsp3) is 0.158. The van der Waals surface area contributed by atoms with Gasteiger partial charge in [-0.05, 0) is 92.8 Å². The Hall–Kier alpha value is -3.94. The predicted molar refractivity (Wildman–Crippen MR) is 171 cm³/mol. The molecule has 0 atom stereocenters. The first kappa shape index (κ1) is 24.1. The summed E-state index contributed by atoms with van der Waals surface area (Å²) in [5.41, 5.74) is 8.17. The van der Waals surface area contributed by atoms with Gasteiger partial charge in [-0.15, -0.1) is 11.3 Å². The molecule has 1 heteroatoms. The zero-order valence-electron chi connectivity index (χ0n) is 22.2. The summed E-state index contributed by atoms with van der Waals surface area (Å²) in [7, 11) is 0. The van der Waals surface area contributed by atoms with Crippen LogP contribution in [0, 0.1) is 0 Å². The fourth-order valence-electron chi connectivity index (χ4n) is 6.26. The third-order valence-electron chi connectivity index (χ3n) is 8.17.